The number of urea groups is 1. The number of para-hydroxylation sites is 1. The van der Waals surface area contributed by atoms with Gasteiger partial charge in [0.25, 0.3) is 10.0 Å². The lowest BCUT2D eigenvalue weighted by atomic mass is 10.2. The number of fused-ring (bicyclic) bond motifs is 3. The van der Waals surface area contributed by atoms with Crippen molar-refractivity contribution in [2.75, 3.05) is 25.5 Å². The number of hydrogen-bond acceptors (Lipinski definition) is 7. The van der Waals surface area contributed by atoms with E-state index in [0.717, 1.165) is 47.1 Å². The van der Waals surface area contributed by atoms with Gasteiger partial charge < -0.3 is 20.4 Å². The first kappa shape index (κ1) is 26.4. The van der Waals surface area contributed by atoms with Crippen molar-refractivity contribution in [1.82, 2.24) is 24.6 Å². The van der Waals surface area contributed by atoms with Crippen LogP contribution < -0.4 is 15.8 Å². The number of aromatic nitrogens is 3. The van der Waals surface area contributed by atoms with E-state index >= 15 is 0 Å². The summed E-state index contributed by atoms with van der Waals surface area (Å²) in [6.45, 7) is 5.30. The van der Waals surface area contributed by atoms with Crippen LogP contribution in [0.25, 0.3) is 21.9 Å². The molecular formula is C26H32N6O4S. The van der Waals surface area contributed by atoms with Gasteiger partial charge in [-0.1, -0.05) is 49.2 Å². The van der Waals surface area contributed by atoms with Crippen molar-refractivity contribution in [2.45, 2.75) is 44.6 Å². The van der Waals surface area contributed by atoms with Gasteiger partial charge in [-0.15, -0.1) is 0 Å². The maximum absolute atomic E-state index is 12.3. The van der Waals surface area contributed by atoms with Gasteiger partial charge in [-0.2, -0.15) is 0 Å². The Morgan fingerprint density at radius 1 is 1.08 bits per heavy atom. The third-order valence-corrected chi connectivity index (χ3v) is 7.34. The van der Waals surface area contributed by atoms with Crippen LogP contribution in [0.3, 0.4) is 0 Å². The maximum Gasteiger partial charge on any atom is 0.328 e. The Morgan fingerprint density at radius 2 is 1.84 bits per heavy atom. The molecule has 0 unspecified atom stereocenters. The number of carbonyl (C=O) groups excluding carboxylic acids is 1. The minimum Gasteiger partial charge on any atom is -0.382 e. The van der Waals surface area contributed by atoms with E-state index in [4.69, 9.17) is 15.5 Å². The van der Waals surface area contributed by atoms with Gasteiger partial charge in [0.05, 0.1) is 29.1 Å². The summed E-state index contributed by atoms with van der Waals surface area (Å²) in [5.74, 6) is 1.34. The zero-order valence-corrected chi connectivity index (χ0v) is 21.8. The second-order valence-electron chi connectivity index (χ2n) is 8.78. The Balaban J connectivity index is 1.35. The summed E-state index contributed by atoms with van der Waals surface area (Å²) in [4.78, 5) is 21.4. The van der Waals surface area contributed by atoms with Gasteiger partial charge >= 0.3 is 6.03 Å². The van der Waals surface area contributed by atoms with Crippen molar-refractivity contribution >= 4 is 43.8 Å². The number of amides is 2. The van der Waals surface area contributed by atoms with Gasteiger partial charge in [-0.3, -0.25) is 0 Å². The van der Waals surface area contributed by atoms with Crippen molar-refractivity contribution in [3.8, 4) is 0 Å². The fraction of sp³-hybridized carbons (Fsp3) is 0.346. The van der Waals surface area contributed by atoms with Crippen LogP contribution in [-0.2, 0) is 27.7 Å². The Bertz CT molecular complexity index is 1500. The number of aryl methyl sites for hydroxylation is 2. The first-order valence-electron chi connectivity index (χ1n) is 12.3. The number of unbranched alkanes of at least 4 members (excludes halogenated alkanes) is 1. The number of sulfonamides is 1. The molecule has 2 amide bonds. The minimum absolute atomic E-state index is 0.0271. The fourth-order valence-electron chi connectivity index (χ4n) is 4.10. The molecule has 2 heterocycles. The number of hydrogen-bond donors (Lipinski definition) is 3. The molecule has 196 valence electrons. The van der Waals surface area contributed by atoms with Crippen LogP contribution in [0, 0.1) is 6.92 Å². The molecule has 0 aliphatic rings. The quantitative estimate of drug-likeness (QED) is 0.255. The lowest BCUT2D eigenvalue weighted by molar-refractivity contribution is 0.129. The topological polar surface area (TPSA) is 141 Å². The molecule has 0 radical (unpaired) electrons. The lowest BCUT2D eigenvalue weighted by Crippen LogP contribution is -2.40. The average Bonchev–Trinajstić information content (AvgIpc) is 3.24. The molecule has 2 aromatic carbocycles. The molecule has 4 N–H and O–H groups in total. The molecule has 0 aliphatic heterocycles. The van der Waals surface area contributed by atoms with Crippen LogP contribution in [0.5, 0.6) is 0 Å². The highest BCUT2D eigenvalue weighted by Crippen LogP contribution is 2.29. The molecule has 0 saturated carbocycles. The number of nitrogens with one attached hydrogen (secondary N) is 2. The number of imidazole rings is 1. The molecule has 2 aromatic heterocycles. The van der Waals surface area contributed by atoms with E-state index in [9.17, 15) is 13.2 Å². The molecule has 4 rings (SSSR count). The van der Waals surface area contributed by atoms with Crippen LogP contribution in [0.1, 0.15) is 31.2 Å². The monoisotopic (exact) mass is 524 g/mol. The Hall–Kier alpha value is -3.70. The predicted molar refractivity (Wildman–Crippen MR) is 144 cm³/mol. The third kappa shape index (κ3) is 6.17. The molecule has 0 spiro atoms. The van der Waals surface area contributed by atoms with Gasteiger partial charge in [0.15, 0.2) is 5.82 Å². The largest absolute Gasteiger partial charge is 0.382 e. The molecule has 11 heteroatoms. The second kappa shape index (κ2) is 11.6. The number of ether oxygens (including phenoxy) is 1. The highest BCUT2D eigenvalue weighted by atomic mass is 32.2. The van der Waals surface area contributed by atoms with Crippen LogP contribution in [0.2, 0.25) is 0 Å². The number of pyridine rings is 1. The minimum atomic E-state index is -3.94. The molecule has 0 bridgehead atoms. The number of anilines is 1. The van der Waals surface area contributed by atoms with Crippen molar-refractivity contribution < 1.29 is 17.9 Å². The molecule has 0 fully saturated rings. The maximum atomic E-state index is 12.3. The number of carbonyl (C=O) groups is 1. The van der Waals surface area contributed by atoms with Crippen molar-refractivity contribution in [2.24, 2.45) is 0 Å². The summed E-state index contributed by atoms with van der Waals surface area (Å²) in [5, 5.41) is 3.50. The van der Waals surface area contributed by atoms with E-state index in [2.05, 4.69) is 21.8 Å². The third-order valence-electron chi connectivity index (χ3n) is 5.99. The molecule has 0 saturated heterocycles. The van der Waals surface area contributed by atoms with Gasteiger partial charge in [-0.25, -0.2) is 27.9 Å². The molecule has 37 heavy (non-hydrogen) atoms. The zero-order valence-electron chi connectivity index (χ0n) is 21.0. The molecular weight excluding hydrogens is 492 g/mol. The van der Waals surface area contributed by atoms with E-state index in [-0.39, 0.29) is 18.0 Å². The summed E-state index contributed by atoms with van der Waals surface area (Å²) in [7, 11) is -3.94. The van der Waals surface area contributed by atoms with E-state index < -0.39 is 16.1 Å². The highest BCUT2D eigenvalue weighted by Gasteiger charge is 2.18. The molecule has 4 aromatic rings. The van der Waals surface area contributed by atoms with Crippen molar-refractivity contribution in [3.63, 3.8) is 0 Å². The number of nitrogens with two attached hydrogens (primary N) is 1. The first-order chi connectivity index (χ1) is 17.8. The second-order valence-corrected chi connectivity index (χ2v) is 10.5. The number of nitrogen functional groups attached to an aromatic ring is 1. The van der Waals surface area contributed by atoms with Crippen molar-refractivity contribution in [1.29, 1.82) is 0 Å². The normalized spacial score (nSPS) is 11.7. The number of benzene rings is 2. The summed E-state index contributed by atoms with van der Waals surface area (Å²) < 4.78 is 34.6. The fourth-order valence-corrected chi connectivity index (χ4v) is 5.03. The summed E-state index contributed by atoms with van der Waals surface area (Å²) in [6, 6.07) is 13.3. The standard InChI is InChI=1S/C26H32N6O4S/c1-3-4-9-22-30-23-24(20-7-5-6-8-21(20)29-25(23)27)32(22)15-17-36-16-14-28-26(33)31-37(34,35)19-12-10-18(2)11-13-19/h5-8,10-13H,3-4,9,14-17H2,1-2H3,(H2,27,29)(H2,28,31,33). The highest BCUT2D eigenvalue weighted by molar-refractivity contribution is 7.90. The summed E-state index contributed by atoms with van der Waals surface area (Å²) in [5.41, 5.74) is 9.61. The van der Waals surface area contributed by atoms with Crippen LogP contribution >= 0.6 is 0 Å². The molecule has 0 atom stereocenters. The van der Waals surface area contributed by atoms with Gasteiger partial charge in [-0.05, 0) is 31.5 Å². The van der Waals surface area contributed by atoms with Crippen molar-refractivity contribution in [3.05, 3.63) is 59.9 Å². The van der Waals surface area contributed by atoms with Crippen LogP contribution in [0.15, 0.2) is 53.4 Å². The number of nitrogens with zero attached hydrogens (tertiary/aromatic N) is 3. The van der Waals surface area contributed by atoms with Gasteiger partial charge in [0.1, 0.15) is 11.3 Å². The summed E-state index contributed by atoms with van der Waals surface area (Å²) >= 11 is 0. The predicted octanol–water partition coefficient (Wildman–Crippen LogP) is 3.52. The Kier molecular flexibility index (Phi) is 8.24. The van der Waals surface area contributed by atoms with Gasteiger partial charge in [0, 0.05) is 24.9 Å². The smallest absolute Gasteiger partial charge is 0.328 e. The van der Waals surface area contributed by atoms with E-state index in [1.807, 2.05) is 35.9 Å². The van der Waals surface area contributed by atoms with E-state index in [1.165, 1.54) is 12.1 Å². The Labute approximate surface area is 216 Å². The summed E-state index contributed by atoms with van der Waals surface area (Å²) in [6.07, 6.45) is 2.86. The van der Waals surface area contributed by atoms with Crippen LogP contribution in [0.4, 0.5) is 10.6 Å². The van der Waals surface area contributed by atoms with E-state index in [1.54, 1.807) is 12.1 Å². The molecule has 0 aliphatic carbocycles. The number of rotatable bonds is 11. The van der Waals surface area contributed by atoms with Crippen LogP contribution in [-0.4, -0.2) is 48.7 Å². The first-order valence-corrected chi connectivity index (χ1v) is 13.8. The molecule has 10 nitrogen and oxygen atoms in total. The van der Waals surface area contributed by atoms with Gasteiger partial charge in [0.2, 0.25) is 0 Å². The zero-order chi connectivity index (χ0) is 26.4. The van der Waals surface area contributed by atoms with E-state index in [0.29, 0.717) is 24.5 Å². The lowest BCUT2D eigenvalue weighted by Gasteiger charge is -2.12. The SMILES string of the molecule is CCCCc1nc2c(N)nc3ccccc3c2n1CCOCCNC(=O)NS(=O)(=O)c1ccc(C)cc1. The Morgan fingerprint density at radius 3 is 2.59 bits per heavy atom. The average molecular weight is 525 g/mol.